The molecule has 0 aliphatic heterocycles. The molecule has 0 radical (unpaired) electrons. The molecule has 0 atom stereocenters. The average Bonchev–Trinajstić information content (AvgIpc) is 2.49. The Labute approximate surface area is 132 Å². The number of nitrogens with zero attached hydrogens (tertiary/aromatic N) is 2. The minimum absolute atomic E-state index is 0.130. The molecule has 0 spiro atoms. The summed E-state index contributed by atoms with van der Waals surface area (Å²) in [6, 6.07) is 12.8. The summed E-state index contributed by atoms with van der Waals surface area (Å²) >= 11 is 7.26. The van der Waals surface area contributed by atoms with Crippen molar-refractivity contribution in [3.05, 3.63) is 53.2 Å². The van der Waals surface area contributed by atoms with Crippen molar-refractivity contribution in [2.75, 3.05) is 11.1 Å². The van der Waals surface area contributed by atoms with Crippen molar-refractivity contribution < 1.29 is 4.79 Å². The monoisotopic (exact) mass is 317 g/mol. The van der Waals surface area contributed by atoms with Gasteiger partial charge in [0.15, 0.2) is 0 Å². The molecule has 1 heterocycles. The van der Waals surface area contributed by atoms with Crippen LogP contribution in [0.15, 0.2) is 47.6 Å². The molecule has 0 aliphatic carbocycles. The Morgan fingerprint density at radius 2 is 2.10 bits per heavy atom. The first kappa shape index (κ1) is 15.4. The van der Waals surface area contributed by atoms with E-state index in [-0.39, 0.29) is 11.7 Å². The van der Waals surface area contributed by atoms with Crippen LogP contribution in [0.5, 0.6) is 0 Å². The van der Waals surface area contributed by atoms with Gasteiger partial charge in [-0.1, -0.05) is 35.5 Å². The van der Waals surface area contributed by atoms with Crippen LogP contribution in [0.25, 0.3) is 0 Å². The smallest absolute Gasteiger partial charge is 0.234 e. The van der Waals surface area contributed by atoms with Gasteiger partial charge in [-0.25, -0.2) is 4.98 Å². The van der Waals surface area contributed by atoms with Gasteiger partial charge in [0.1, 0.15) is 5.03 Å². The lowest BCUT2D eigenvalue weighted by molar-refractivity contribution is -0.113. The lowest BCUT2D eigenvalue weighted by atomic mass is 10.1. The SMILES string of the molecule is N#CCc1ccc(NC(=O)CSc2ncccc2Cl)cc1. The molecule has 0 bridgehead atoms. The van der Waals surface area contributed by atoms with Crippen LogP contribution in [0.4, 0.5) is 5.69 Å². The van der Waals surface area contributed by atoms with Gasteiger partial charge in [0.25, 0.3) is 0 Å². The lowest BCUT2D eigenvalue weighted by Crippen LogP contribution is -2.14. The van der Waals surface area contributed by atoms with E-state index in [0.29, 0.717) is 22.2 Å². The van der Waals surface area contributed by atoms with Crippen LogP contribution in [0.2, 0.25) is 5.02 Å². The summed E-state index contributed by atoms with van der Waals surface area (Å²) in [5.41, 5.74) is 1.62. The molecule has 1 aromatic heterocycles. The number of carbonyl (C=O) groups is 1. The van der Waals surface area contributed by atoms with E-state index in [1.54, 1.807) is 30.5 Å². The van der Waals surface area contributed by atoms with E-state index < -0.39 is 0 Å². The second-order valence-corrected chi connectivity index (χ2v) is 5.53. The first-order chi connectivity index (χ1) is 10.2. The Kier molecular flexibility index (Phi) is 5.61. The van der Waals surface area contributed by atoms with E-state index >= 15 is 0 Å². The number of hydrogen-bond donors (Lipinski definition) is 1. The van der Waals surface area contributed by atoms with Gasteiger partial charge in [-0.05, 0) is 29.8 Å². The summed E-state index contributed by atoms with van der Waals surface area (Å²) in [5.74, 6) is 0.103. The fourth-order valence-corrected chi connectivity index (χ4v) is 2.57. The molecule has 2 rings (SSSR count). The number of hydrogen-bond acceptors (Lipinski definition) is 4. The molecule has 0 unspecified atom stereocenters. The number of carbonyl (C=O) groups excluding carboxylic acids is 1. The Morgan fingerprint density at radius 1 is 1.33 bits per heavy atom. The number of amides is 1. The van der Waals surface area contributed by atoms with Crippen molar-refractivity contribution in [3.8, 4) is 6.07 Å². The molecule has 1 amide bonds. The predicted molar refractivity (Wildman–Crippen MR) is 84.4 cm³/mol. The molecule has 106 valence electrons. The number of rotatable bonds is 5. The zero-order valence-corrected chi connectivity index (χ0v) is 12.6. The molecule has 0 fully saturated rings. The van der Waals surface area contributed by atoms with Gasteiger partial charge in [-0.3, -0.25) is 4.79 Å². The Balaban J connectivity index is 1.87. The Bertz CT molecular complexity index is 667. The second kappa shape index (κ2) is 7.67. The van der Waals surface area contributed by atoms with Gasteiger partial charge in [0.2, 0.25) is 5.91 Å². The van der Waals surface area contributed by atoms with E-state index in [1.165, 1.54) is 11.8 Å². The third-order valence-corrected chi connectivity index (χ3v) is 4.01. The summed E-state index contributed by atoms with van der Waals surface area (Å²) in [6.07, 6.45) is 2.00. The first-order valence-electron chi connectivity index (χ1n) is 6.18. The molecule has 2 aromatic rings. The summed E-state index contributed by atoms with van der Waals surface area (Å²) in [4.78, 5) is 16.0. The van der Waals surface area contributed by atoms with Crippen LogP contribution in [0.3, 0.4) is 0 Å². The number of nitriles is 1. The van der Waals surface area contributed by atoms with E-state index in [4.69, 9.17) is 16.9 Å². The highest BCUT2D eigenvalue weighted by atomic mass is 35.5. The third kappa shape index (κ3) is 4.78. The molecule has 21 heavy (non-hydrogen) atoms. The van der Waals surface area contributed by atoms with Crippen molar-refractivity contribution in [2.45, 2.75) is 11.4 Å². The van der Waals surface area contributed by atoms with Gasteiger partial charge < -0.3 is 5.32 Å². The number of thioether (sulfide) groups is 1. The third-order valence-electron chi connectivity index (χ3n) is 2.59. The van der Waals surface area contributed by atoms with Crippen LogP contribution in [-0.2, 0) is 11.2 Å². The fraction of sp³-hybridized carbons (Fsp3) is 0.133. The van der Waals surface area contributed by atoms with Gasteiger partial charge >= 0.3 is 0 Å². The lowest BCUT2D eigenvalue weighted by Gasteiger charge is -2.06. The van der Waals surface area contributed by atoms with Gasteiger partial charge in [0, 0.05) is 11.9 Å². The minimum atomic E-state index is -0.130. The maximum atomic E-state index is 11.9. The van der Waals surface area contributed by atoms with Gasteiger partial charge in [0.05, 0.1) is 23.3 Å². The highest BCUT2D eigenvalue weighted by molar-refractivity contribution is 8.00. The van der Waals surface area contributed by atoms with E-state index in [2.05, 4.69) is 16.4 Å². The highest BCUT2D eigenvalue weighted by Gasteiger charge is 2.07. The molecule has 6 heteroatoms. The Morgan fingerprint density at radius 3 is 2.76 bits per heavy atom. The maximum Gasteiger partial charge on any atom is 0.234 e. The standard InChI is InChI=1S/C15H12ClN3OS/c16-13-2-1-9-18-15(13)21-10-14(20)19-12-5-3-11(4-6-12)7-8-17/h1-6,9H,7,10H2,(H,19,20). The number of pyridine rings is 1. The van der Waals surface area contributed by atoms with E-state index in [9.17, 15) is 4.79 Å². The summed E-state index contributed by atoms with van der Waals surface area (Å²) in [7, 11) is 0. The Hall–Kier alpha value is -2.03. The summed E-state index contributed by atoms with van der Waals surface area (Å²) in [5, 5.41) is 12.6. The zero-order valence-electron chi connectivity index (χ0n) is 11.0. The number of aromatic nitrogens is 1. The van der Waals surface area contributed by atoms with Crippen LogP contribution in [-0.4, -0.2) is 16.6 Å². The fourth-order valence-electron chi connectivity index (χ4n) is 1.61. The van der Waals surface area contributed by atoms with Crippen LogP contribution >= 0.6 is 23.4 Å². The van der Waals surface area contributed by atoms with E-state index in [1.807, 2.05) is 12.1 Å². The van der Waals surface area contributed by atoms with Crippen LogP contribution in [0.1, 0.15) is 5.56 Å². The number of benzene rings is 1. The topological polar surface area (TPSA) is 65.8 Å². The number of anilines is 1. The maximum absolute atomic E-state index is 11.9. The summed E-state index contributed by atoms with van der Waals surface area (Å²) in [6.45, 7) is 0. The minimum Gasteiger partial charge on any atom is -0.325 e. The van der Waals surface area contributed by atoms with Crippen LogP contribution < -0.4 is 5.32 Å². The average molecular weight is 318 g/mol. The highest BCUT2D eigenvalue weighted by Crippen LogP contribution is 2.24. The van der Waals surface area contributed by atoms with Crippen molar-refractivity contribution in [3.63, 3.8) is 0 Å². The van der Waals surface area contributed by atoms with Crippen molar-refractivity contribution in [2.24, 2.45) is 0 Å². The van der Waals surface area contributed by atoms with Crippen molar-refractivity contribution >= 4 is 35.0 Å². The molecular formula is C15H12ClN3OS. The summed E-state index contributed by atoms with van der Waals surface area (Å²) < 4.78 is 0. The zero-order chi connectivity index (χ0) is 15.1. The van der Waals surface area contributed by atoms with Crippen molar-refractivity contribution in [1.29, 1.82) is 5.26 Å². The predicted octanol–water partition coefficient (Wildman–Crippen LogP) is 3.53. The second-order valence-electron chi connectivity index (χ2n) is 4.16. The van der Waals surface area contributed by atoms with Gasteiger partial charge in [-0.15, -0.1) is 0 Å². The molecule has 1 aromatic carbocycles. The first-order valence-corrected chi connectivity index (χ1v) is 7.54. The molecule has 0 aliphatic rings. The van der Waals surface area contributed by atoms with E-state index in [0.717, 1.165) is 5.56 Å². The number of halogens is 1. The largest absolute Gasteiger partial charge is 0.325 e. The van der Waals surface area contributed by atoms with Crippen LogP contribution in [0, 0.1) is 11.3 Å². The normalized spacial score (nSPS) is 9.90. The quantitative estimate of drug-likeness (QED) is 0.857. The van der Waals surface area contributed by atoms with Crippen molar-refractivity contribution in [1.82, 2.24) is 4.98 Å². The van der Waals surface area contributed by atoms with Gasteiger partial charge in [-0.2, -0.15) is 5.26 Å². The molecular weight excluding hydrogens is 306 g/mol. The molecule has 0 saturated carbocycles. The molecule has 4 nitrogen and oxygen atoms in total. The number of nitrogens with one attached hydrogen (secondary N) is 1. The molecule has 0 saturated heterocycles. The molecule has 1 N–H and O–H groups in total.